The van der Waals surface area contributed by atoms with Crippen molar-refractivity contribution in [2.75, 3.05) is 7.11 Å². The van der Waals surface area contributed by atoms with Gasteiger partial charge in [0.15, 0.2) is 5.69 Å². The summed E-state index contributed by atoms with van der Waals surface area (Å²) in [7, 11) is 1.56. The second-order valence-corrected chi connectivity index (χ2v) is 3.34. The van der Waals surface area contributed by atoms with Crippen LogP contribution in [0.4, 0.5) is 0 Å². The molecule has 2 aromatic rings. The zero-order chi connectivity index (χ0) is 13.0. The van der Waals surface area contributed by atoms with Crippen molar-refractivity contribution in [2.45, 2.75) is 0 Å². The summed E-state index contributed by atoms with van der Waals surface area (Å²) in [6, 6.07) is 9.74. The Morgan fingerprint density at radius 2 is 1.94 bits per heavy atom. The molecule has 0 aliphatic rings. The number of nitrogens with zero attached hydrogens (tertiary/aromatic N) is 2. The van der Waals surface area contributed by atoms with Crippen LogP contribution in [0.15, 0.2) is 36.4 Å². The van der Waals surface area contributed by atoms with Crippen LogP contribution in [0, 0.1) is 0 Å². The molecule has 1 N–H and O–H groups in total. The van der Waals surface area contributed by atoms with E-state index < -0.39 is 5.97 Å². The molecule has 0 atom stereocenters. The van der Waals surface area contributed by atoms with Crippen LogP contribution in [-0.2, 0) is 0 Å². The van der Waals surface area contributed by atoms with Gasteiger partial charge in [0.05, 0.1) is 7.11 Å². The largest absolute Gasteiger partial charge is 0.497 e. The Morgan fingerprint density at radius 3 is 2.56 bits per heavy atom. The third-order valence-electron chi connectivity index (χ3n) is 2.12. The Hall–Kier alpha value is -2.63. The molecule has 0 aliphatic heterocycles. The predicted molar refractivity (Wildman–Crippen MR) is 62.1 cm³/mol. The lowest BCUT2D eigenvalue weighted by atomic mass is 10.3. The third kappa shape index (κ3) is 2.73. The quantitative estimate of drug-likeness (QED) is 0.888. The molecule has 1 aromatic heterocycles. The number of hydrogen-bond donors (Lipinski definition) is 1. The lowest BCUT2D eigenvalue weighted by Gasteiger charge is -2.05. The number of benzene rings is 1. The number of carboxylic acids is 1. The first-order chi connectivity index (χ1) is 8.69. The molecule has 0 spiro atoms. The highest BCUT2D eigenvalue weighted by atomic mass is 16.5. The van der Waals surface area contributed by atoms with E-state index in [2.05, 4.69) is 10.2 Å². The van der Waals surface area contributed by atoms with Gasteiger partial charge in [0.1, 0.15) is 11.5 Å². The van der Waals surface area contributed by atoms with Gasteiger partial charge in [0.2, 0.25) is 5.88 Å². The number of ether oxygens (including phenoxy) is 2. The standard InChI is InChI=1S/C12H10N2O4/c1-17-8-3-2-4-9(7-8)18-11-6-5-10(12(15)16)13-14-11/h2-7H,1H3,(H,15,16). The van der Waals surface area contributed by atoms with Crippen molar-refractivity contribution < 1.29 is 19.4 Å². The number of carbonyl (C=O) groups is 1. The molecule has 18 heavy (non-hydrogen) atoms. The second-order valence-electron chi connectivity index (χ2n) is 3.34. The zero-order valence-electron chi connectivity index (χ0n) is 9.53. The molecule has 0 amide bonds. The first-order valence-corrected chi connectivity index (χ1v) is 5.08. The van der Waals surface area contributed by atoms with E-state index in [1.54, 1.807) is 31.4 Å². The van der Waals surface area contributed by atoms with E-state index in [4.69, 9.17) is 14.6 Å². The van der Waals surface area contributed by atoms with Crippen molar-refractivity contribution in [3.05, 3.63) is 42.1 Å². The number of hydrogen-bond acceptors (Lipinski definition) is 5. The Morgan fingerprint density at radius 1 is 1.17 bits per heavy atom. The molecule has 0 saturated carbocycles. The van der Waals surface area contributed by atoms with E-state index >= 15 is 0 Å². The van der Waals surface area contributed by atoms with Gasteiger partial charge in [-0.15, -0.1) is 10.2 Å². The molecule has 0 saturated heterocycles. The van der Waals surface area contributed by atoms with Gasteiger partial charge in [-0.1, -0.05) is 6.07 Å². The highest BCUT2D eigenvalue weighted by Crippen LogP contribution is 2.23. The topological polar surface area (TPSA) is 81.5 Å². The number of aromatic carboxylic acids is 1. The molecule has 0 unspecified atom stereocenters. The number of methoxy groups -OCH3 is 1. The number of carboxylic acid groups (broad SMARTS) is 1. The molecule has 92 valence electrons. The van der Waals surface area contributed by atoms with Gasteiger partial charge in [0, 0.05) is 12.1 Å². The van der Waals surface area contributed by atoms with Crippen molar-refractivity contribution in [1.29, 1.82) is 0 Å². The molecule has 0 radical (unpaired) electrons. The van der Waals surface area contributed by atoms with Gasteiger partial charge in [-0.05, 0) is 18.2 Å². The molecule has 1 heterocycles. The van der Waals surface area contributed by atoms with Crippen LogP contribution >= 0.6 is 0 Å². The average molecular weight is 246 g/mol. The van der Waals surface area contributed by atoms with Crippen LogP contribution in [0.25, 0.3) is 0 Å². The smallest absolute Gasteiger partial charge is 0.356 e. The van der Waals surface area contributed by atoms with Crippen LogP contribution in [0.2, 0.25) is 0 Å². The summed E-state index contributed by atoms with van der Waals surface area (Å²) in [5.74, 6) is 0.276. The van der Waals surface area contributed by atoms with Crippen LogP contribution in [0.5, 0.6) is 17.4 Å². The van der Waals surface area contributed by atoms with Gasteiger partial charge >= 0.3 is 5.97 Å². The Labute approximate surface area is 103 Å². The summed E-state index contributed by atoms with van der Waals surface area (Å²) in [4.78, 5) is 10.6. The highest BCUT2D eigenvalue weighted by molar-refractivity contribution is 5.84. The minimum atomic E-state index is -1.13. The predicted octanol–water partition coefficient (Wildman–Crippen LogP) is 1.98. The van der Waals surface area contributed by atoms with Gasteiger partial charge < -0.3 is 14.6 Å². The van der Waals surface area contributed by atoms with E-state index in [0.29, 0.717) is 11.5 Å². The molecule has 2 rings (SSSR count). The molecule has 6 heteroatoms. The minimum absolute atomic E-state index is 0.131. The summed E-state index contributed by atoms with van der Waals surface area (Å²) in [6.45, 7) is 0. The highest BCUT2D eigenvalue weighted by Gasteiger charge is 2.06. The first kappa shape index (κ1) is 11.8. The SMILES string of the molecule is COc1cccc(Oc2ccc(C(=O)O)nn2)c1. The summed E-state index contributed by atoms with van der Waals surface area (Å²) >= 11 is 0. The fourth-order valence-corrected chi connectivity index (χ4v) is 1.27. The molecule has 6 nitrogen and oxygen atoms in total. The maximum atomic E-state index is 10.6. The summed E-state index contributed by atoms with van der Waals surface area (Å²) in [6.07, 6.45) is 0. The first-order valence-electron chi connectivity index (χ1n) is 5.08. The maximum Gasteiger partial charge on any atom is 0.356 e. The zero-order valence-corrected chi connectivity index (χ0v) is 9.53. The number of aromatic nitrogens is 2. The van der Waals surface area contributed by atoms with Gasteiger partial charge in [0.25, 0.3) is 0 Å². The van der Waals surface area contributed by atoms with Gasteiger partial charge in [-0.3, -0.25) is 0 Å². The molecule has 0 fully saturated rings. The van der Waals surface area contributed by atoms with E-state index in [9.17, 15) is 4.79 Å². The normalized spacial score (nSPS) is 9.83. The Kier molecular flexibility index (Phi) is 3.38. The van der Waals surface area contributed by atoms with E-state index in [-0.39, 0.29) is 11.6 Å². The molecular formula is C12H10N2O4. The van der Waals surface area contributed by atoms with Crippen LogP contribution in [0.3, 0.4) is 0 Å². The van der Waals surface area contributed by atoms with Gasteiger partial charge in [-0.2, -0.15) is 0 Å². The van der Waals surface area contributed by atoms with Crippen molar-refractivity contribution in [2.24, 2.45) is 0 Å². The third-order valence-corrected chi connectivity index (χ3v) is 2.12. The molecule has 0 bridgehead atoms. The van der Waals surface area contributed by atoms with Crippen LogP contribution in [0.1, 0.15) is 10.5 Å². The minimum Gasteiger partial charge on any atom is -0.497 e. The van der Waals surface area contributed by atoms with E-state index in [0.717, 1.165) is 0 Å². The summed E-state index contributed by atoms with van der Waals surface area (Å²) < 4.78 is 10.5. The molecular weight excluding hydrogens is 236 g/mol. The average Bonchev–Trinajstić information content (AvgIpc) is 2.39. The monoisotopic (exact) mass is 246 g/mol. The van der Waals surface area contributed by atoms with Crippen molar-refractivity contribution >= 4 is 5.97 Å². The van der Waals surface area contributed by atoms with Crippen LogP contribution in [-0.4, -0.2) is 28.4 Å². The molecule has 1 aromatic carbocycles. The lowest BCUT2D eigenvalue weighted by Crippen LogP contribution is -2.02. The fourth-order valence-electron chi connectivity index (χ4n) is 1.27. The Bertz CT molecular complexity index is 554. The van der Waals surface area contributed by atoms with Crippen LogP contribution < -0.4 is 9.47 Å². The van der Waals surface area contributed by atoms with Crippen molar-refractivity contribution in [1.82, 2.24) is 10.2 Å². The lowest BCUT2D eigenvalue weighted by molar-refractivity contribution is 0.0689. The fraction of sp³-hybridized carbons (Fsp3) is 0.0833. The summed E-state index contributed by atoms with van der Waals surface area (Å²) in [5, 5.41) is 15.8. The molecule has 0 aliphatic carbocycles. The maximum absolute atomic E-state index is 10.6. The Balaban J connectivity index is 2.15. The van der Waals surface area contributed by atoms with E-state index in [1.807, 2.05) is 0 Å². The van der Waals surface area contributed by atoms with E-state index in [1.165, 1.54) is 12.1 Å². The second kappa shape index (κ2) is 5.13. The van der Waals surface area contributed by atoms with Gasteiger partial charge in [-0.25, -0.2) is 4.79 Å². The van der Waals surface area contributed by atoms with Crippen molar-refractivity contribution in [3.63, 3.8) is 0 Å². The van der Waals surface area contributed by atoms with Crippen molar-refractivity contribution in [3.8, 4) is 17.4 Å². The summed E-state index contributed by atoms with van der Waals surface area (Å²) in [5.41, 5.74) is -0.131. The number of rotatable bonds is 4.